The highest BCUT2D eigenvalue weighted by atomic mass is 35.5. The fourth-order valence-corrected chi connectivity index (χ4v) is 2.61. The molecule has 2 aromatic rings. The van der Waals surface area contributed by atoms with E-state index in [-0.39, 0.29) is 10.7 Å². The van der Waals surface area contributed by atoms with Gasteiger partial charge in [0.2, 0.25) is 0 Å². The summed E-state index contributed by atoms with van der Waals surface area (Å²) in [5, 5.41) is 2.98. The van der Waals surface area contributed by atoms with Crippen molar-refractivity contribution in [3.05, 3.63) is 70.5 Å². The number of thiocarbonyl (C=S) groups is 1. The minimum atomic E-state index is -0.598. The molecule has 0 radical (unpaired) electrons. The van der Waals surface area contributed by atoms with Crippen LogP contribution in [0.25, 0.3) is 6.08 Å². The Balaban J connectivity index is 1.99. The molecule has 2 amide bonds. The van der Waals surface area contributed by atoms with E-state index in [0.29, 0.717) is 16.3 Å². The smallest absolute Gasteiger partial charge is 0.270 e. The highest BCUT2D eigenvalue weighted by molar-refractivity contribution is 7.80. The molecule has 0 spiro atoms. The molecule has 1 saturated heterocycles. The molecule has 2 aromatic carbocycles. The maximum absolute atomic E-state index is 13.0. The van der Waals surface area contributed by atoms with E-state index in [0.717, 1.165) is 0 Å². The zero-order chi connectivity index (χ0) is 17.3. The average molecular weight is 361 g/mol. The number of benzene rings is 2. The van der Waals surface area contributed by atoms with Gasteiger partial charge in [-0.3, -0.25) is 19.8 Å². The number of halogens is 2. The topological polar surface area (TPSA) is 49.4 Å². The average Bonchev–Trinajstić information content (AvgIpc) is 2.55. The van der Waals surface area contributed by atoms with E-state index < -0.39 is 17.6 Å². The summed E-state index contributed by atoms with van der Waals surface area (Å²) in [5.74, 6) is -1.56. The molecule has 0 aliphatic carbocycles. The first-order chi connectivity index (χ1) is 11.5. The lowest BCUT2D eigenvalue weighted by Crippen LogP contribution is -2.54. The molecule has 0 bridgehead atoms. The maximum atomic E-state index is 13.0. The summed E-state index contributed by atoms with van der Waals surface area (Å²) in [5.41, 5.74) is 0.920. The fraction of sp³-hybridized carbons (Fsp3) is 0. The number of hydrogen-bond acceptors (Lipinski definition) is 3. The minimum Gasteiger partial charge on any atom is -0.298 e. The van der Waals surface area contributed by atoms with Crippen LogP contribution in [0, 0.1) is 5.82 Å². The Morgan fingerprint density at radius 2 is 1.67 bits per heavy atom. The molecule has 4 nitrogen and oxygen atoms in total. The molecule has 0 saturated carbocycles. The monoisotopic (exact) mass is 360 g/mol. The van der Waals surface area contributed by atoms with Crippen LogP contribution in [0.4, 0.5) is 10.1 Å². The van der Waals surface area contributed by atoms with Crippen molar-refractivity contribution in [3.63, 3.8) is 0 Å². The molecule has 1 heterocycles. The van der Waals surface area contributed by atoms with Crippen molar-refractivity contribution in [1.29, 1.82) is 0 Å². The summed E-state index contributed by atoms with van der Waals surface area (Å²) in [6.45, 7) is 0. The van der Waals surface area contributed by atoms with Gasteiger partial charge in [0.05, 0.1) is 5.69 Å². The molecule has 1 aliphatic rings. The Bertz CT molecular complexity index is 863. The SMILES string of the molecule is O=C1NC(=S)N(c2ccc(Cl)cc2)C(=O)/C1=C/c1ccc(F)cc1. The summed E-state index contributed by atoms with van der Waals surface area (Å²) in [4.78, 5) is 26.0. The van der Waals surface area contributed by atoms with Gasteiger partial charge in [0.1, 0.15) is 11.4 Å². The summed E-state index contributed by atoms with van der Waals surface area (Å²) in [6.07, 6.45) is 1.39. The Hall–Kier alpha value is -2.57. The molecular formula is C17H10ClFN2O2S. The predicted molar refractivity (Wildman–Crippen MR) is 94.1 cm³/mol. The Labute approximate surface area is 147 Å². The summed E-state index contributed by atoms with van der Waals surface area (Å²) >= 11 is 10.9. The van der Waals surface area contributed by atoms with E-state index in [1.54, 1.807) is 24.3 Å². The Morgan fingerprint density at radius 3 is 2.29 bits per heavy atom. The first-order valence-electron chi connectivity index (χ1n) is 6.88. The van der Waals surface area contributed by atoms with Gasteiger partial charge in [0.15, 0.2) is 5.11 Å². The summed E-state index contributed by atoms with van der Waals surface area (Å²) in [7, 11) is 0. The largest absolute Gasteiger partial charge is 0.298 e. The molecule has 1 fully saturated rings. The van der Waals surface area contributed by atoms with Crippen molar-refractivity contribution in [1.82, 2.24) is 5.32 Å². The fourth-order valence-electron chi connectivity index (χ4n) is 2.21. The van der Waals surface area contributed by atoms with Crippen LogP contribution in [-0.4, -0.2) is 16.9 Å². The van der Waals surface area contributed by atoms with E-state index in [9.17, 15) is 14.0 Å². The number of hydrogen-bond donors (Lipinski definition) is 1. The predicted octanol–water partition coefficient (Wildman–Crippen LogP) is 3.31. The minimum absolute atomic E-state index is 0.0106. The van der Waals surface area contributed by atoms with E-state index in [1.165, 1.54) is 35.2 Å². The van der Waals surface area contributed by atoms with Crippen molar-refractivity contribution in [3.8, 4) is 0 Å². The standard InChI is InChI=1S/C17H10ClFN2O2S/c18-11-3-7-13(8-4-11)21-16(23)14(15(22)20-17(21)24)9-10-1-5-12(19)6-2-10/h1-9H,(H,20,22,24)/b14-9+. The van der Waals surface area contributed by atoms with Crippen molar-refractivity contribution in [2.75, 3.05) is 4.90 Å². The molecule has 1 N–H and O–H groups in total. The van der Waals surface area contributed by atoms with Crippen LogP contribution in [0.2, 0.25) is 5.02 Å². The van der Waals surface area contributed by atoms with Crippen molar-refractivity contribution < 1.29 is 14.0 Å². The van der Waals surface area contributed by atoms with Crippen LogP contribution in [0.3, 0.4) is 0 Å². The van der Waals surface area contributed by atoms with Gasteiger partial charge in [-0.15, -0.1) is 0 Å². The number of amides is 2. The number of nitrogens with one attached hydrogen (secondary N) is 1. The second kappa shape index (κ2) is 6.51. The van der Waals surface area contributed by atoms with Gasteiger partial charge in [-0.05, 0) is 60.3 Å². The van der Waals surface area contributed by atoms with Crippen LogP contribution in [0.1, 0.15) is 5.56 Å². The van der Waals surface area contributed by atoms with Gasteiger partial charge in [0.25, 0.3) is 11.8 Å². The third-order valence-electron chi connectivity index (χ3n) is 3.37. The van der Waals surface area contributed by atoms with Crippen LogP contribution < -0.4 is 10.2 Å². The third kappa shape index (κ3) is 3.20. The number of rotatable bonds is 2. The lowest BCUT2D eigenvalue weighted by Gasteiger charge is -2.28. The molecule has 24 heavy (non-hydrogen) atoms. The van der Waals surface area contributed by atoms with E-state index >= 15 is 0 Å². The van der Waals surface area contributed by atoms with Gasteiger partial charge >= 0.3 is 0 Å². The second-order valence-corrected chi connectivity index (χ2v) is 5.81. The molecule has 0 unspecified atom stereocenters. The summed E-state index contributed by atoms with van der Waals surface area (Å²) in [6, 6.07) is 11.9. The number of anilines is 1. The van der Waals surface area contributed by atoms with E-state index in [1.807, 2.05) is 0 Å². The van der Waals surface area contributed by atoms with E-state index in [2.05, 4.69) is 5.32 Å². The maximum Gasteiger partial charge on any atom is 0.270 e. The molecule has 120 valence electrons. The Kier molecular flexibility index (Phi) is 4.42. The zero-order valence-corrected chi connectivity index (χ0v) is 13.7. The third-order valence-corrected chi connectivity index (χ3v) is 3.90. The van der Waals surface area contributed by atoms with E-state index in [4.69, 9.17) is 23.8 Å². The molecule has 7 heteroatoms. The number of carbonyl (C=O) groups excluding carboxylic acids is 2. The molecule has 3 rings (SSSR count). The van der Waals surface area contributed by atoms with Gasteiger partial charge < -0.3 is 0 Å². The molecule has 1 aliphatic heterocycles. The highest BCUT2D eigenvalue weighted by Gasteiger charge is 2.34. The van der Waals surface area contributed by atoms with Gasteiger partial charge in [-0.1, -0.05) is 23.7 Å². The van der Waals surface area contributed by atoms with Crippen LogP contribution >= 0.6 is 23.8 Å². The zero-order valence-electron chi connectivity index (χ0n) is 12.1. The van der Waals surface area contributed by atoms with Gasteiger partial charge in [-0.2, -0.15) is 0 Å². The molecule has 0 atom stereocenters. The van der Waals surface area contributed by atoms with Crippen molar-refractivity contribution in [2.24, 2.45) is 0 Å². The van der Waals surface area contributed by atoms with Crippen molar-refractivity contribution in [2.45, 2.75) is 0 Å². The van der Waals surface area contributed by atoms with Crippen molar-refractivity contribution >= 4 is 52.5 Å². The quantitative estimate of drug-likeness (QED) is 0.508. The first kappa shape index (κ1) is 16.3. The lowest BCUT2D eigenvalue weighted by molar-refractivity contribution is -0.122. The number of carbonyl (C=O) groups is 2. The van der Waals surface area contributed by atoms with Gasteiger partial charge in [0, 0.05) is 5.02 Å². The lowest BCUT2D eigenvalue weighted by atomic mass is 10.1. The normalized spacial score (nSPS) is 16.5. The number of nitrogens with zero attached hydrogens (tertiary/aromatic N) is 1. The highest BCUT2D eigenvalue weighted by Crippen LogP contribution is 2.23. The van der Waals surface area contributed by atoms with Crippen LogP contribution in [0.5, 0.6) is 0 Å². The first-order valence-corrected chi connectivity index (χ1v) is 7.67. The second-order valence-electron chi connectivity index (χ2n) is 4.99. The van der Waals surface area contributed by atoms with Crippen LogP contribution in [-0.2, 0) is 9.59 Å². The molecule has 0 aromatic heterocycles. The van der Waals surface area contributed by atoms with Gasteiger partial charge in [-0.25, -0.2) is 4.39 Å². The Morgan fingerprint density at radius 1 is 1.04 bits per heavy atom. The molecular weight excluding hydrogens is 351 g/mol. The van der Waals surface area contributed by atoms with Crippen LogP contribution in [0.15, 0.2) is 54.1 Å². The summed E-state index contributed by atoms with van der Waals surface area (Å²) < 4.78 is 13.0.